The molecule has 0 radical (unpaired) electrons. The number of nitrogens with one attached hydrogen (secondary N) is 2. The zero-order valence-electron chi connectivity index (χ0n) is 12.3. The van der Waals surface area contributed by atoms with Gasteiger partial charge < -0.3 is 19.8 Å². The fourth-order valence-corrected chi connectivity index (χ4v) is 2.53. The molecule has 120 valence electrons. The minimum atomic E-state index is 0. The number of halogens is 1. The van der Waals surface area contributed by atoms with E-state index < -0.39 is 0 Å². The number of morpholine rings is 1. The Bertz CT molecular complexity index is 575. The smallest absolute Gasteiger partial charge is 0.221 e. The Labute approximate surface area is 135 Å². The Morgan fingerprint density at radius 3 is 3.00 bits per heavy atom. The van der Waals surface area contributed by atoms with Crippen LogP contribution >= 0.6 is 12.4 Å². The highest BCUT2D eigenvalue weighted by atomic mass is 35.5. The molecule has 3 rings (SSSR count). The van der Waals surface area contributed by atoms with Crippen molar-refractivity contribution < 1.29 is 13.9 Å². The van der Waals surface area contributed by atoms with Crippen LogP contribution in [0.2, 0.25) is 0 Å². The molecule has 1 amide bonds. The number of benzene rings is 1. The van der Waals surface area contributed by atoms with Crippen LogP contribution in [0.3, 0.4) is 0 Å². The fraction of sp³-hybridized carbons (Fsp3) is 0.438. The van der Waals surface area contributed by atoms with Gasteiger partial charge in [0, 0.05) is 37.4 Å². The lowest BCUT2D eigenvalue weighted by Gasteiger charge is -2.23. The first-order valence-electron chi connectivity index (χ1n) is 7.36. The number of furan rings is 1. The summed E-state index contributed by atoms with van der Waals surface area (Å²) in [5.74, 6) is 0.949. The van der Waals surface area contributed by atoms with Crippen LogP contribution in [0.25, 0.3) is 11.0 Å². The zero-order valence-corrected chi connectivity index (χ0v) is 13.2. The number of amides is 1. The van der Waals surface area contributed by atoms with Crippen LogP contribution in [-0.2, 0) is 16.0 Å². The van der Waals surface area contributed by atoms with Crippen molar-refractivity contribution in [2.24, 2.45) is 0 Å². The third-order valence-electron chi connectivity index (χ3n) is 3.60. The average Bonchev–Trinajstić information content (AvgIpc) is 2.91. The van der Waals surface area contributed by atoms with Crippen LogP contribution in [0.5, 0.6) is 0 Å². The van der Waals surface area contributed by atoms with Crippen LogP contribution in [0, 0.1) is 0 Å². The van der Waals surface area contributed by atoms with Crippen molar-refractivity contribution in [2.75, 3.05) is 26.3 Å². The lowest BCUT2D eigenvalue weighted by Crippen LogP contribution is -2.44. The summed E-state index contributed by atoms with van der Waals surface area (Å²) in [4.78, 5) is 11.8. The molecule has 0 spiro atoms. The molecule has 5 nitrogen and oxygen atoms in total. The van der Waals surface area contributed by atoms with E-state index in [-0.39, 0.29) is 24.4 Å². The number of carbonyl (C=O) groups is 1. The van der Waals surface area contributed by atoms with Crippen molar-refractivity contribution in [3.8, 4) is 0 Å². The van der Waals surface area contributed by atoms with E-state index >= 15 is 0 Å². The van der Waals surface area contributed by atoms with Gasteiger partial charge in [-0.2, -0.15) is 0 Å². The highest BCUT2D eigenvalue weighted by Crippen LogP contribution is 2.18. The Morgan fingerprint density at radius 1 is 1.36 bits per heavy atom. The van der Waals surface area contributed by atoms with Crippen LogP contribution in [0.4, 0.5) is 0 Å². The number of ether oxygens (including phenoxy) is 1. The Hall–Kier alpha value is -1.56. The fourth-order valence-electron chi connectivity index (χ4n) is 2.53. The Morgan fingerprint density at radius 2 is 2.23 bits per heavy atom. The maximum absolute atomic E-state index is 11.8. The number of hydrogen-bond acceptors (Lipinski definition) is 4. The van der Waals surface area contributed by atoms with Gasteiger partial charge in [-0.15, -0.1) is 12.4 Å². The van der Waals surface area contributed by atoms with Crippen molar-refractivity contribution in [1.82, 2.24) is 10.6 Å². The first-order valence-corrected chi connectivity index (χ1v) is 7.36. The molecule has 1 aliphatic rings. The maximum Gasteiger partial charge on any atom is 0.221 e. The van der Waals surface area contributed by atoms with Gasteiger partial charge in [0.1, 0.15) is 11.3 Å². The van der Waals surface area contributed by atoms with E-state index in [0.717, 1.165) is 29.9 Å². The average molecular weight is 325 g/mol. The van der Waals surface area contributed by atoms with E-state index in [1.165, 1.54) is 0 Å². The van der Waals surface area contributed by atoms with Crippen molar-refractivity contribution in [3.63, 3.8) is 0 Å². The molecule has 1 atom stereocenters. The number of hydrogen-bond donors (Lipinski definition) is 2. The van der Waals surface area contributed by atoms with Gasteiger partial charge in [-0.1, -0.05) is 18.2 Å². The summed E-state index contributed by atoms with van der Waals surface area (Å²) in [6, 6.07) is 10.1. The van der Waals surface area contributed by atoms with Gasteiger partial charge in [0.15, 0.2) is 0 Å². The van der Waals surface area contributed by atoms with E-state index in [4.69, 9.17) is 9.15 Å². The third kappa shape index (κ3) is 4.47. The number of rotatable bonds is 5. The predicted octanol–water partition coefficient (Wildman–Crippen LogP) is 1.89. The van der Waals surface area contributed by atoms with Crippen LogP contribution in [0.15, 0.2) is 34.7 Å². The third-order valence-corrected chi connectivity index (χ3v) is 3.60. The maximum atomic E-state index is 11.8. The van der Waals surface area contributed by atoms with E-state index in [9.17, 15) is 4.79 Å². The summed E-state index contributed by atoms with van der Waals surface area (Å²) in [7, 11) is 0. The van der Waals surface area contributed by atoms with Crippen LogP contribution in [0.1, 0.15) is 12.2 Å². The molecule has 1 unspecified atom stereocenters. The van der Waals surface area contributed by atoms with Crippen molar-refractivity contribution in [2.45, 2.75) is 18.9 Å². The van der Waals surface area contributed by atoms with Gasteiger partial charge in [0.25, 0.3) is 0 Å². The number of carbonyl (C=O) groups excluding carboxylic acids is 1. The minimum Gasteiger partial charge on any atom is -0.461 e. The molecule has 6 heteroatoms. The molecule has 0 bridgehead atoms. The standard InChI is InChI=1S/C16H20N2O3.ClH/c19-16(10-13-11-20-8-7-17-13)18-6-5-14-9-12-3-1-2-4-15(12)21-14;/h1-4,9,13,17H,5-8,10-11H2,(H,18,19);1H. The van der Waals surface area contributed by atoms with Gasteiger partial charge in [0.05, 0.1) is 13.2 Å². The first kappa shape index (κ1) is 16.8. The SMILES string of the molecule is Cl.O=C(CC1COCCN1)NCCc1cc2ccccc2o1. The molecule has 1 fully saturated rings. The molecule has 0 aliphatic carbocycles. The van der Waals surface area contributed by atoms with Gasteiger partial charge in [-0.3, -0.25) is 4.79 Å². The second kappa shape index (κ2) is 8.17. The Kier molecular flexibility index (Phi) is 6.24. The topological polar surface area (TPSA) is 63.5 Å². The number of fused-ring (bicyclic) bond motifs is 1. The molecular weight excluding hydrogens is 304 g/mol. The molecule has 2 heterocycles. The lowest BCUT2D eigenvalue weighted by molar-refractivity contribution is -0.122. The monoisotopic (exact) mass is 324 g/mol. The quantitative estimate of drug-likeness (QED) is 0.881. The van der Waals surface area contributed by atoms with E-state index in [2.05, 4.69) is 10.6 Å². The largest absolute Gasteiger partial charge is 0.461 e. The van der Waals surface area contributed by atoms with Crippen molar-refractivity contribution >= 4 is 29.3 Å². The second-order valence-corrected chi connectivity index (χ2v) is 5.28. The predicted molar refractivity (Wildman–Crippen MR) is 87.4 cm³/mol. The highest BCUT2D eigenvalue weighted by molar-refractivity contribution is 5.85. The lowest BCUT2D eigenvalue weighted by atomic mass is 10.2. The summed E-state index contributed by atoms with van der Waals surface area (Å²) in [5, 5.41) is 7.30. The normalized spacial score (nSPS) is 17.9. The minimum absolute atomic E-state index is 0. The molecule has 0 saturated carbocycles. The molecule has 2 N–H and O–H groups in total. The molecule has 1 aliphatic heterocycles. The first-order chi connectivity index (χ1) is 10.3. The van der Waals surface area contributed by atoms with Gasteiger partial charge >= 0.3 is 0 Å². The van der Waals surface area contributed by atoms with E-state index in [1.54, 1.807) is 0 Å². The zero-order chi connectivity index (χ0) is 14.5. The molecular formula is C16H21ClN2O3. The summed E-state index contributed by atoms with van der Waals surface area (Å²) < 4.78 is 11.0. The highest BCUT2D eigenvalue weighted by Gasteiger charge is 2.16. The van der Waals surface area contributed by atoms with Crippen LogP contribution in [-0.4, -0.2) is 38.3 Å². The van der Waals surface area contributed by atoms with E-state index in [1.807, 2.05) is 30.3 Å². The molecule has 1 saturated heterocycles. The second-order valence-electron chi connectivity index (χ2n) is 5.28. The van der Waals surface area contributed by atoms with E-state index in [0.29, 0.717) is 26.0 Å². The molecule has 1 aromatic heterocycles. The molecule has 2 aromatic rings. The van der Waals surface area contributed by atoms with Crippen molar-refractivity contribution in [1.29, 1.82) is 0 Å². The summed E-state index contributed by atoms with van der Waals surface area (Å²) >= 11 is 0. The molecule has 1 aromatic carbocycles. The summed E-state index contributed by atoms with van der Waals surface area (Å²) in [5.41, 5.74) is 0.891. The van der Waals surface area contributed by atoms with Crippen LogP contribution < -0.4 is 10.6 Å². The molecule has 22 heavy (non-hydrogen) atoms. The van der Waals surface area contributed by atoms with Gasteiger partial charge in [0.2, 0.25) is 5.91 Å². The van der Waals surface area contributed by atoms with Gasteiger partial charge in [-0.05, 0) is 12.1 Å². The summed E-state index contributed by atoms with van der Waals surface area (Å²) in [6.07, 6.45) is 1.16. The summed E-state index contributed by atoms with van der Waals surface area (Å²) in [6.45, 7) is 2.74. The van der Waals surface area contributed by atoms with Gasteiger partial charge in [-0.25, -0.2) is 0 Å². The number of para-hydroxylation sites is 1. The Balaban J connectivity index is 0.00000176. The van der Waals surface area contributed by atoms with Crippen molar-refractivity contribution in [3.05, 3.63) is 36.1 Å².